The number of aromatic nitrogens is 2. The Labute approximate surface area is 184 Å². The van der Waals surface area contributed by atoms with E-state index >= 15 is 0 Å². The zero-order valence-corrected chi connectivity index (χ0v) is 17.5. The lowest BCUT2D eigenvalue weighted by atomic mass is 10.1. The molecule has 5 aromatic rings. The standard InChI is InChI=1S/C26H21N3O3/c1-17-6-8-18(9-7-17)12-13-27-26(30)19-10-11-20-21(16-19)29-25(23-5-3-15-32-23)24(28-20)22-4-2-14-31-22/h2-11,14-16H,12-13H2,1H3,(H,27,30). The molecule has 0 radical (unpaired) electrons. The van der Waals surface area contributed by atoms with Crippen molar-refractivity contribution in [3.8, 4) is 22.9 Å². The second kappa shape index (κ2) is 8.51. The minimum Gasteiger partial charge on any atom is -0.463 e. The molecule has 1 N–H and O–H groups in total. The third-order valence-corrected chi connectivity index (χ3v) is 5.26. The van der Waals surface area contributed by atoms with E-state index in [1.807, 2.05) is 12.1 Å². The van der Waals surface area contributed by atoms with E-state index in [4.69, 9.17) is 18.8 Å². The number of amides is 1. The van der Waals surface area contributed by atoms with Gasteiger partial charge in [0.1, 0.15) is 11.4 Å². The molecule has 0 aliphatic rings. The van der Waals surface area contributed by atoms with Gasteiger partial charge in [0.15, 0.2) is 11.5 Å². The SMILES string of the molecule is Cc1ccc(CCNC(=O)c2ccc3nc(-c4ccco4)c(-c4ccco4)nc3c2)cc1. The summed E-state index contributed by atoms with van der Waals surface area (Å²) in [5.74, 6) is 1.04. The molecule has 0 atom stereocenters. The van der Waals surface area contributed by atoms with Crippen molar-refractivity contribution in [1.82, 2.24) is 15.3 Å². The molecule has 0 unspecified atom stereocenters. The van der Waals surface area contributed by atoms with Crippen LogP contribution in [0.1, 0.15) is 21.5 Å². The molecule has 0 fully saturated rings. The molecule has 0 saturated heterocycles. The molecular weight excluding hydrogens is 402 g/mol. The predicted molar refractivity (Wildman–Crippen MR) is 122 cm³/mol. The first kappa shape index (κ1) is 19.8. The summed E-state index contributed by atoms with van der Waals surface area (Å²) >= 11 is 0. The van der Waals surface area contributed by atoms with Crippen LogP contribution in [0.4, 0.5) is 0 Å². The highest BCUT2D eigenvalue weighted by molar-refractivity contribution is 5.97. The van der Waals surface area contributed by atoms with Crippen molar-refractivity contribution in [2.24, 2.45) is 0 Å². The zero-order valence-electron chi connectivity index (χ0n) is 17.5. The predicted octanol–water partition coefficient (Wildman–Crippen LogP) is 5.43. The summed E-state index contributed by atoms with van der Waals surface area (Å²) in [6.45, 7) is 2.61. The molecule has 6 nitrogen and oxygen atoms in total. The first-order valence-corrected chi connectivity index (χ1v) is 10.4. The maximum absolute atomic E-state index is 12.7. The number of rotatable bonds is 6. The first-order chi connectivity index (χ1) is 15.7. The maximum atomic E-state index is 12.7. The summed E-state index contributed by atoms with van der Waals surface area (Å²) in [4.78, 5) is 22.2. The molecule has 5 rings (SSSR count). The number of carbonyl (C=O) groups excluding carboxylic acids is 1. The molecule has 3 aromatic heterocycles. The van der Waals surface area contributed by atoms with Crippen molar-refractivity contribution < 1.29 is 13.6 Å². The van der Waals surface area contributed by atoms with Crippen molar-refractivity contribution in [2.75, 3.05) is 6.54 Å². The van der Waals surface area contributed by atoms with E-state index in [2.05, 4.69) is 36.5 Å². The van der Waals surface area contributed by atoms with Crippen LogP contribution in [0.3, 0.4) is 0 Å². The van der Waals surface area contributed by atoms with Crippen molar-refractivity contribution in [2.45, 2.75) is 13.3 Å². The molecule has 158 valence electrons. The van der Waals surface area contributed by atoms with Gasteiger partial charge in [0.2, 0.25) is 0 Å². The lowest BCUT2D eigenvalue weighted by molar-refractivity contribution is 0.0954. The lowest BCUT2D eigenvalue weighted by Crippen LogP contribution is -2.25. The Balaban J connectivity index is 1.41. The Bertz CT molecular complexity index is 1360. The van der Waals surface area contributed by atoms with E-state index in [9.17, 15) is 4.79 Å². The van der Waals surface area contributed by atoms with Crippen LogP contribution in [-0.2, 0) is 6.42 Å². The van der Waals surface area contributed by atoms with Gasteiger partial charge in [-0.25, -0.2) is 9.97 Å². The van der Waals surface area contributed by atoms with E-state index in [0.29, 0.717) is 46.0 Å². The van der Waals surface area contributed by atoms with Gasteiger partial charge in [-0.2, -0.15) is 0 Å². The van der Waals surface area contributed by atoms with Crippen LogP contribution < -0.4 is 5.32 Å². The van der Waals surface area contributed by atoms with Crippen LogP contribution in [0.15, 0.2) is 88.1 Å². The number of hydrogen-bond donors (Lipinski definition) is 1. The largest absolute Gasteiger partial charge is 0.463 e. The van der Waals surface area contributed by atoms with Gasteiger partial charge in [0.25, 0.3) is 5.91 Å². The molecule has 0 aliphatic heterocycles. The minimum absolute atomic E-state index is 0.143. The normalized spacial score (nSPS) is 11.0. The highest BCUT2D eigenvalue weighted by Gasteiger charge is 2.18. The minimum atomic E-state index is -0.143. The molecule has 0 saturated carbocycles. The number of furan rings is 2. The van der Waals surface area contributed by atoms with E-state index in [1.165, 1.54) is 11.1 Å². The fraction of sp³-hybridized carbons (Fsp3) is 0.115. The molecule has 2 aromatic carbocycles. The Morgan fingerprint density at radius 1 is 0.844 bits per heavy atom. The molecular formula is C26H21N3O3. The molecule has 6 heteroatoms. The van der Waals surface area contributed by atoms with Crippen LogP contribution in [0.5, 0.6) is 0 Å². The number of carbonyl (C=O) groups is 1. The van der Waals surface area contributed by atoms with E-state index < -0.39 is 0 Å². The van der Waals surface area contributed by atoms with Crippen molar-refractivity contribution >= 4 is 16.9 Å². The monoisotopic (exact) mass is 423 g/mol. The van der Waals surface area contributed by atoms with Gasteiger partial charge in [0, 0.05) is 12.1 Å². The van der Waals surface area contributed by atoms with E-state index in [1.54, 1.807) is 42.9 Å². The number of nitrogens with zero attached hydrogens (tertiary/aromatic N) is 2. The van der Waals surface area contributed by atoms with Gasteiger partial charge in [-0.05, 0) is 61.4 Å². The third-order valence-electron chi connectivity index (χ3n) is 5.26. The van der Waals surface area contributed by atoms with Gasteiger partial charge in [0.05, 0.1) is 23.6 Å². The topological polar surface area (TPSA) is 81.2 Å². The third kappa shape index (κ3) is 4.03. The van der Waals surface area contributed by atoms with Crippen molar-refractivity contribution in [3.63, 3.8) is 0 Å². The number of hydrogen-bond acceptors (Lipinski definition) is 5. The summed E-state index contributed by atoms with van der Waals surface area (Å²) in [5.41, 5.74) is 5.38. The molecule has 1 amide bonds. The molecule has 0 aliphatic carbocycles. The van der Waals surface area contributed by atoms with E-state index in [0.717, 1.165) is 6.42 Å². The molecule has 0 bridgehead atoms. The van der Waals surface area contributed by atoms with Gasteiger partial charge in [-0.15, -0.1) is 0 Å². The quantitative estimate of drug-likeness (QED) is 0.394. The smallest absolute Gasteiger partial charge is 0.251 e. The first-order valence-electron chi connectivity index (χ1n) is 10.4. The van der Waals surface area contributed by atoms with Crippen LogP contribution in [0.25, 0.3) is 33.9 Å². The van der Waals surface area contributed by atoms with Crippen LogP contribution in [0, 0.1) is 6.92 Å². The van der Waals surface area contributed by atoms with Crippen LogP contribution in [-0.4, -0.2) is 22.4 Å². The second-order valence-electron chi connectivity index (χ2n) is 7.57. The van der Waals surface area contributed by atoms with Gasteiger partial charge < -0.3 is 14.2 Å². The summed E-state index contributed by atoms with van der Waals surface area (Å²) in [6, 6.07) is 20.9. The highest BCUT2D eigenvalue weighted by atomic mass is 16.3. The fourth-order valence-electron chi connectivity index (χ4n) is 3.54. The van der Waals surface area contributed by atoms with E-state index in [-0.39, 0.29) is 5.91 Å². The molecule has 0 spiro atoms. The Hall–Kier alpha value is -4.19. The van der Waals surface area contributed by atoms with Gasteiger partial charge in [-0.1, -0.05) is 29.8 Å². The second-order valence-corrected chi connectivity index (χ2v) is 7.57. The summed E-state index contributed by atoms with van der Waals surface area (Å²) < 4.78 is 11.1. The number of benzene rings is 2. The summed E-state index contributed by atoms with van der Waals surface area (Å²) in [6.07, 6.45) is 3.96. The Kier molecular flexibility index (Phi) is 5.25. The van der Waals surface area contributed by atoms with Crippen molar-refractivity contribution in [3.05, 3.63) is 95.9 Å². The van der Waals surface area contributed by atoms with Gasteiger partial charge in [-0.3, -0.25) is 4.79 Å². The highest BCUT2D eigenvalue weighted by Crippen LogP contribution is 2.31. The average Bonchev–Trinajstić information content (AvgIpc) is 3.53. The Morgan fingerprint density at radius 3 is 2.12 bits per heavy atom. The van der Waals surface area contributed by atoms with Crippen LogP contribution in [0.2, 0.25) is 0 Å². The Morgan fingerprint density at radius 2 is 1.50 bits per heavy atom. The zero-order chi connectivity index (χ0) is 21.9. The number of fused-ring (bicyclic) bond motifs is 1. The van der Waals surface area contributed by atoms with Gasteiger partial charge >= 0.3 is 0 Å². The number of aryl methyl sites for hydroxylation is 1. The maximum Gasteiger partial charge on any atom is 0.251 e. The summed E-state index contributed by atoms with van der Waals surface area (Å²) in [7, 11) is 0. The number of nitrogens with one attached hydrogen (secondary N) is 1. The summed E-state index contributed by atoms with van der Waals surface area (Å²) in [5, 5.41) is 2.98. The lowest BCUT2D eigenvalue weighted by Gasteiger charge is -2.09. The van der Waals surface area contributed by atoms with Crippen molar-refractivity contribution in [1.29, 1.82) is 0 Å². The average molecular weight is 423 g/mol. The molecule has 3 heterocycles. The fourth-order valence-corrected chi connectivity index (χ4v) is 3.54. The molecule has 32 heavy (non-hydrogen) atoms. The van der Waals surface area contributed by atoms with Crippen LogP contribution >= 0.6 is 0 Å².